The van der Waals surface area contributed by atoms with Crippen molar-refractivity contribution in [3.63, 3.8) is 0 Å². The van der Waals surface area contributed by atoms with Crippen molar-refractivity contribution in [1.82, 2.24) is 25.8 Å². The van der Waals surface area contributed by atoms with Crippen LogP contribution in [0.3, 0.4) is 0 Å². The van der Waals surface area contributed by atoms with Crippen molar-refractivity contribution in [1.29, 1.82) is 0 Å². The van der Waals surface area contributed by atoms with Crippen molar-refractivity contribution in [2.24, 2.45) is 11.8 Å². The van der Waals surface area contributed by atoms with Crippen molar-refractivity contribution < 1.29 is 13.8 Å². The molecule has 2 fully saturated rings. The molecule has 0 saturated heterocycles. The first-order valence-electron chi connectivity index (χ1n) is 14.1. The second-order valence-electron chi connectivity index (χ2n) is 13.6. The fourth-order valence-corrected chi connectivity index (χ4v) is 5.87. The first kappa shape index (κ1) is 26.1. The summed E-state index contributed by atoms with van der Waals surface area (Å²) < 4.78 is 15.8. The van der Waals surface area contributed by atoms with E-state index in [-0.39, 0.29) is 22.7 Å². The van der Waals surface area contributed by atoms with Crippen LogP contribution < -0.4 is 0 Å². The Kier molecular flexibility index (Phi) is 6.82. The van der Waals surface area contributed by atoms with E-state index in [9.17, 15) is 0 Å². The molecule has 0 aromatic carbocycles. The molecule has 5 unspecified atom stereocenters. The van der Waals surface area contributed by atoms with Crippen LogP contribution in [0.15, 0.2) is 20.0 Å². The summed E-state index contributed by atoms with van der Waals surface area (Å²) >= 11 is 0. The molecule has 0 spiro atoms. The van der Waals surface area contributed by atoms with Gasteiger partial charge in [0.1, 0.15) is 29.0 Å². The number of hydrogen-bond acceptors (Lipinski definition) is 8. The van der Waals surface area contributed by atoms with Gasteiger partial charge < -0.3 is 4.52 Å². The maximum absolute atomic E-state index is 5.38. The molecule has 3 aromatic heterocycles. The van der Waals surface area contributed by atoms with Gasteiger partial charge >= 0.3 is 0 Å². The molecule has 2 aliphatic rings. The summed E-state index contributed by atoms with van der Waals surface area (Å²) in [4.78, 5) is 0. The van der Waals surface area contributed by atoms with Crippen LogP contribution in [0.1, 0.15) is 152 Å². The van der Waals surface area contributed by atoms with Gasteiger partial charge in [-0.25, -0.2) is 9.26 Å². The Morgan fingerprint density at radius 2 is 1.59 bits per heavy atom. The smallest absolute Gasteiger partial charge is 0.127 e. The zero-order chi connectivity index (χ0) is 26.5. The lowest BCUT2D eigenvalue weighted by atomic mass is 9.77. The topological polar surface area (TPSA) is 104 Å². The Balaban J connectivity index is 1.19. The van der Waals surface area contributed by atoms with Gasteiger partial charge in [0.25, 0.3) is 0 Å². The van der Waals surface area contributed by atoms with Gasteiger partial charge in [-0.15, -0.1) is 0 Å². The molecule has 37 heavy (non-hydrogen) atoms. The van der Waals surface area contributed by atoms with Crippen molar-refractivity contribution >= 4 is 0 Å². The molecule has 0 N–H and O–H groups in total. The molecule has 8 nitrogen and oxygen atoms in total. The molecule has 3 aromatic rings. The van der Waals surface area contributed by atoms with Crippen LogP contribution in [0.5, 0.6) is 0 Å². The third-order valence-corrected chi connectivity index (χ3v) is 8.96. The molecular weight excluding hydrogens is 466 g/mol. The van der Waals surface area contributed by atoms with Gasteiger partial charge in [-0.2, -0.15) is 0 Å². The van der Waals surface area contributed by atoms with Gasteiger partial charge in [0.2, 0.25) is 0 Å². The summed E-state index contributed by atoms with van der Waals surface area (Å²) in [6.45, 7) is 17.9. The summed E-state index contributed by atoms with van der Waals surface area (Å²) in [5.74, 6) is 2.64. The van der Waals surface area contributed by atoms with E-state index in [4.69, 9.17) is 13.8 Å². The minimum Gasteiger partial charge on any atom is -0.364 e. The van der Waals surface area contributed by atoms with Gasteiger partial charge in [0.15, 0.2) is 0 Å². The van der Waals surface area contributed by atoms with Gasteiger partial charge in [0.05, 0.1) is 5.69 Å². The summed E-state index contributed by atoms with van der Waals surface area (Å²) in [7, 11) is 0. The number of hydrogen-bond donors (Lipinski definition) is 0. The van der Waals surface area contributed by atoms with Crippen LogP contribution in [-0.4, -0.2) is 25.8 Å². The fourth-order valence-electron chi connectivity index (χ4n) is 5.87. The molecule has 5 rings (SSSR count). The van der Waals surface area contributed by atoms with Gasteiger partial charge in [-0.1, -0.05) is 81.2 Å². The molecule has 0 aliphatic heterocycles. The lowest BCUT2D eigenvalue weighted by molar-refractivity contribution is 0.291. The predicted octanol–water partition coefficient (Wildman–Crippen LogP) is 7.41. The summed E-state index contributed by atoms with van der Waals surface area (Å²) in [6.07, 6.45) is 8.61. The van der Waals surface area contributed by atoms with Crippen molar-refractivity contribution in [2.45, 2.75) is 128 Å². The standard InChI is InChI=1S/C29H43N5O3/c1-16(11-12-29(7,8)22-15-35-30-25(22)19-9-10-19)23-24(32-36-31-23)18(3)17(2)13-20-14-21(20)26-27(28(4,5)6)34-37-33-26/h15-21H,9-14H2,1-8H3. The van der Waals surface area contributed by atoms with Gasteiger partial charge in [-0.3, -0.25) is 0 Å². The highest BCUT2D eigenvalue weighted by molar-refractivity contribution is 5.30. The largest absolute Gasteiger partial charge is 0.364 e. The van der Waals surface area contributed by atoms with Gasteiger partial charge in [-0.05, 0) is 55.8 Å². The van der Waals surface area contributed by atoms with E-state index < -0.39 is 0 Å². The highest BCUT2D eigenvalue weighted by Crippen LogP contribution is 2.53. The van der Waals surface area contributed by atoms with Crippen LogP contribution in [0, 0.1) is 11.8 Å². The van der Waals surface area contributed by atoms with Crippen LogP contribution in [-0.2, 0) is 10.8 Å². The first-order chi connectivity index (χ1) is 17.5. The molecule has 0 bridgehead atoms. The quantitative estimate of drug-likeness (QED) is 0.263. The molecule has 3 heterocycles. The Morgan fingerprint density at radius 3 is 2.30 bits per heavy atom. The number of nitrogens with zero attached hydrogens (tertiary/aromatic N) is 5. The molecule has 202 valence electrons. The lowest BCUT2D eigenvalue weighted by Crippen LogP contribution is -2.19. The average Bonchev–Trinajstić information content (AvgIpc) is 3.59. The lowest BCUT2D eigenvalue weighted by Gasteiger charge is -2.26. The third-order valence-electron chi connectivity index (χ3n) is 8.96. The molecule has 0 amide bonds. The van der Waals surface area contributed by atoms with Crippen molar-refractivity contribution in [3.05, 3.63) is 40.3 Å². The fraction of sp³-hybridized carbons (Fsp3) is 0.759. The van der Waals surface area contributed by atoms with Gasteiger partial charge in [0, 0.05) is 34.7 Å². The first-order valence-corrected chi connectivity index (χ1v) is 14.1. The van der Waals surface area contributed by atoms with Crippen molar-refractivity contribution in [2.75, 3.05) is 0 Å². The molecule has 2 saturated carbocycles. The molecule has 8 heteroatoms. The second kappa shape index (κ2) is 9.66. The summed E-state index contributed by atoms with van der Waals surface area (Å²) in [5.41, 5.74) is 6.44. The van der Waals surface area contributed by atoms with E-state index in [0.717, 1.165) is 48.5 Å². The van der Waals surface area contributed by atoms with E-state index in [2.05, 4.69) is 81.2 Å². The van der Waals surface area contributed by atoms with E-state index in [1.54, 1.807) is 0 Å². The van der Waals surface area contributed by atoms with E-state index in [1.807, 2.05) is 6.26 Å². The SMILES string of the molecule is CC(CCC(C)(C)c1conc1C1CC1)c1nonc1C(C)C(C)CC1CC1c1nonc1C(C)(C)C. The molecule has 5 atom stereocenters. The molecule has 0 radical (unpaired) electrons. The Labute approximate surface area is 220 Å². The van der Waals surface area contributed by atoms with Crippen molar-refractivity contribution in [3.8, 4) is 0 Å². The minimum absolute atomic E-state index is 0.00525. The third kappa shape index (κ3) is 5.39. The Morgan fingerprint density at radius 1 is 0.892 bits per heavy atom. The number of rotatable bonds is 11. The van der Waals surface area contributed by atoms with Crippen LogP contribution in [0.25, 0.3) is 0 Å². The normalized spacial score (nSPS) is 22.7. The summed E-state index contributed by atoms with van der Waals surface area (Å²) in [5, 5.41) is 21.6. The Bertz CT molecular complexity index is 1200. The maximum Gasteiger partial charge on any atom is 0.127 e. The number of aromatic nitrogens is 5. The molecular formula is C29H43N5O3. The zero-order valence-electron chi connectivity index (χ0n) is 23.7. The minimum atomic E-state index is -0.0546. The van der Waals surface area contributed by atoms with E-state index >= 15 is 0 Å². The molecule has 2 aliphatic carbocycles. The average molecular weight is 510 g/mol. The van der Waals surface area contributed by atoms with Crippen LogP contribution >= 0.6 is 0 Å². The Hall–Kier alpha value is -2.51. The maximum atomic E-state index is 5.38. The zero-order valence-corrected chi connectivity index (χ0v) is 23.7. The highest BCUT2D eigenvalue weighted by atomic mass is 16.6. The van der Waals surface area contributed by atoms with Crippen LogP contribution in [0.4, 0.5) is 0 Å². The highest BCUT2D eigenvalue weighted by Gasteiger charge is 2.45. The van der Waals surface area contributed by atoms with E-state index in [1.165, 1.54) is 24.1 Å². The monoisotopic (exact) mass is 509 g/mol. The predicted molar refractivity (Wildman–Crippen MR) is 139 cm³/mol. The van der Waals surface area contributed by atoms with E-state index in [0.29, 0.717) is 23.7 Å². The summed E-state index contributed by atoms with van der Waals surface area (Å²) in [6, 6.07) is 0. The second-order valence-corrected chi connectivity index (χ2v) is 13.6. The van der Waals surface area contributed by atoms with Crippen LogP contribution in [0.2, 0.25) is 0 Å².